The Morgan fingerprint density at radius 1 is 0.789 bits per heavy atom. The molecule has 1 radical (unpaired) electrons. The normalized spacial score (nSPS) is 19.5. The number of benzene rings is 2. The van der Waals surface area contributed by atoms with Gasteiger partial charge in [-0.25, -0.2) is 0 Å². The van der Waals surface area contributed by atoms with E-state index in [0.29, 0.717) is 6.04 Å². The van der Waals surface area contributed by atoms with Gasteiger partial charge in [-0.05, 0) is 30.5 Å². The second kappa shape index (κ2) is 6.03. The molecule has 0 aliphatic carbocycles. The van der Waals surface area contributed by atoms with Gasteiger partial charge in [0.2, 0.25) is 0 Å². The van der Waals surface area contributed by atoms with E-state index in [2.05, 4.69) is 66.0 Å². The summed E-state index contributed by atoms with van der Waals surface area (Å²) in [5.41, 5.74) is 2.68. The highest BCUT2D eigenvalue weighted by Crippen LogP contribution is 2.30. The van der Waals surface area contributed by atoms with E-state index < -0.39 is 0 Å². The molecule has 1 fully saturated rings. The predicted octanol–water partition coefficient (Wildman–Crippen LogP) is 3.80. The van der Waals surface area contributed by atoms with E-state index in [1.54, 1.807) is 0 Å². The Balaban J connectivity index is 1.96. The minimum absolute atomic E-state index is 0.485. The molecule has 0 aromatic heterocycles. The lowest BCUT2D eigenvalue weighted by Gasteiger charge is -2.31. The minimum Gasteiger partial charge on any atom is -0.313 e. The zero-order chi connectivity index (χ0) is 12.9. The molecular formula is C18H20N. The molecule has 0 saturated carbocycles. The molecule has 1 heterocycles. The Labute approximate surface area is 115 Å². The van der Waals surface area contributed by atoms with Crippen LogP contribution in [-0.2, 0) is 0 Å². The maximum absolute atomic E-state index is 3.68. The molecule has 0 spiro atoms. The minimum atomic E-state index is 0.485. The van der Waals surface area contributed by atoms with Crippen LogP contribution in [0, 0.1) is 5.92 Å². The van der Waals surface area contributed by atoms with Crippen LogP contribution in [0.5, 0.6) is 0 Å². The summed E-state index contributed by atoms with van der Waals surface area (Å²) in [5.74, 6) is 1.45. The third-order valence-corrected chi connectivity index (χ3v) is 3.83. The third kappa shape index (κ3) is 2.87. The lowest BCUT2D eigenvalue weighted by atomic mass is 9.81. The fraction of sp³-hybridized carbons (Fsp3) is 0.278. The van der Waals surface area contributed by atoms with E-state index in [9.17, 15) is 0 Å². The first kappa shape index (κ1) is 12.4. The summed E-state index contributed by atoms with van der Waals surface area (Å²) in [6.07, 6.45) is 3.85. The highest BCUT2D eigenvalue weighted by Gasteiger charge is 2.26. The van der Waals surface area contributed by atoms with Crippen LogP contribution >= 0.6 is 0 Å². The number of nitrogens with one attached hydrogen (secondary N) is 1. The number of hydrogen-bond acceptors (Lipinski definition) is 1. The summed E-state index contributed by atoms with van der Waals surface area (Å²) in [7, 11) is 0. The van der Waals surface area contributed by atoms with Crippen molar-refractivity contribution >= 4 is 0 Å². The van der Waals surface area contributed by atoms with Crippen LogP contribution in [0.3, 0.4) is 0 Å². The van der Waals surface area contributed by atoms with E-state index in [0.717, 1.165) is 6.54 Å². The molecule has 0 amide bonds. The van der Waals surface area contributed by atoms with Crippen LogP contribution in [0.25, 0.3) is 0 Å². The molecule has 1 unspecified atom stereocenters. The average Bonchev–Trinajstić information content (AvgIpc) is 2.51. The molecule has 19 heavy (non-hydrogen) atoms. The summed E-state index contributed by atoms with van der Waals surface area (Å²) in [6.45, 7) is 1.13. The lowest BCUT2D eigenvalue weighted by molar-refractivity contribution is 0.423. The monoisotopic (exact) mass is 250 g/mol. The molecule has 97 valence electrons. The Morgan fingerprint density at radius 3 is 1.84 bits per heavy atom. The summed E-state index contributed by atoms with van der Waals surface area (Å²) in [5, 5.41) is 3.68. The first-order valence-electron chi connectivity index (χ1n) is 7.16. The van der Waals surface area contributed by atoms with Gasteiger partial charge in [0, 0.05) is 6.04 Å². The lowest BCUT2D eigenvalue weighted by Crippen LogP contribution is -2.39. The highest BCUT2D eigenvalue weighted by molar-refractivity contribution is 5.48. The van der Waals surface area contributed by atoms with Crippen LogP contribution in [0.4, 0.5) is 0 Å². The molecule has 1 nitrogen and oxygen atoms in total. The third-order valence-electron chi connectivity index (χ3n) is 3.83. The molecule has 0 bridgehead atoms. The van der Waals surface area contributed by atoms with E-state index in [1.165, 1.54) is 36.3 Å². The second-order valence-electron chi connectivity index (χ2n) is 5.15. The Bertz CT molecular complexity index is 446. The zero-order valence-electron chi connectivity index (χ0n) is 11.2. The van der Waals surface area contributed by atoms with Gasteiger partial charge in [0.05, 0.1) is 5.92 Å². The van der Waals surface area contributed by atoms with E-state index in [4.69, 9.17) is 0 Å². The highest BCUT2D eigenvalue weighted by atomic mass is 14.9. The van der Waals surface area contributed by atoms with Crippen LogP contribution in [-0.4, -0.2) is 12.6 Å². The zero-order valence-corrected chi connectivity index (χ0v) is 11.2. The van der Waals surface area contributed by atoms with Crippen molar-refractivity contribution in [3.8, 4) is 0 Å². The van der Waals surface area contributed by atoms with Gasteiger partial charge in [-0.3, -0.25) is 0 Å². The van der Waals surface area contributed by atoms with Crippen LogP contribution in [0.2, 0.25) is 0 Å². The van der Waals surface area contributed by atoms with Gasteiger partial charge >= 0.3 is 0 Å². The molecule has 1 heteroatoms. The molecule has 1 aliphatic heterocycles. The topological polar surface area (TPSA) is 12.0 Å². The van der Waals surface area contributed by atoms with Crippen molar-refractivity contribution in [2.24, 2.45) is 0 Å². The van der Waals surface area contributed by atoms with Crippen LogP contribution in [0.15, 0.2) is 60.7 Å². The summed E-state index contributed by atoms with van der Waals surface area (Å²) in [4.78, 5) is 0. The van der Waals surface area contributed by atoms with Gasteiger partial charge in [0.15, 0.2) is 0 Å². The maximum Gasteiger partial charge on any atom is 0.0507 e. The maximum atomic E-state index is 3.68. The van der Waals surface area contributed by atoms with Gasteiger partial charge in [-0.1, -0.05) is 67.1 Å². The molecular weight excluding hydrogens is 230 g/mol. The number of piperidine rings is 1. The molecule has 1 saturated heterocycles. The van der Waals surface area contributed by atoms with Crippen molar-refractivity contribution in [2.75, 3.05) is 6.54 Å². The van der Waals surface area contributed by atoms with Gasteiger partial charge in [-0.15, -0.1) is 0 Å². The first-order chi connectivity index (χ1) is 9.45. The average molecular weight is 250 g/mol. The van der Waals surface area contributed by atoms with Crippen molar-refractivity contribution in [1.82, 2.24) is 5.32 Å². The van der Waals surface area contributed by atoms with Crippen molar-refractivity contribution < 1.29 is 0 Å². The molecule has 1 aliphatic rings. The van der Waals surface area contributed by atoms with Gasteiger partial charge in [0.1, 0.15) is 0 Å². The Kier molecular flexibility index (Phi) is 3.95. The molecule has 2 aromatic rings. The van der Waals surface area contributed by atoms with E-state index in [1.807, 2.05) is 0 Å². The standard InChI is InChI=1S/C18H20N/c1-3-9-15(10-4-1)18(16-11-5-2-6-12-16)17-13-7-8-14-19-17/h1-6,9-12,17,19H,7-8,13-14H2. The smallest absolute Gasteiger partial charge is 0.0507 e. The fourth-order valence-corrected chi connectivity index (χ4v) is 2.90. The first-order valence-corrected chi connectivity index (χ1v) is 7.16. The summed E-state index contributed by atoms with van der Waals surface area (Å²) >= 11 is 0. The summed E-state index contributed by atoms with van der Waals surface area (Å²) in [6, 6.07) is 22.0. The van der Waals surface area contributed by atoms with Crippen LogP contribution < -0.4 is 5.32 Å². The second-order valence-corrected chi connectivity index (χ2v) is 5.15. The quantitative estimate of drug-likeness (QED) is 0.873. The Morgan fingerprint density at radius 2 is 1.37 bits per heavy atom. The predicted molar refractivity (Wildman–Crippen MR) is 80.0 cm³/mol. The van der Waals surface area contributed by atoms with Gasteiger partial charge in [-0.2, -0.15) is 0 Å². The molecule has 3 rings (SSSR count). The molecule has 1 atom stereocenters. The fourth-order valence-electron chi connectivity index (χ4n) is 2.90. The van der Waals surface area contributed by atoms with Crippen LogP contribution in [0.1, 0.15) is 30.4 Å². The summed E-state index contributed by atoms with van der Waals surface area (Å²) < 4.78 is 0. The number of rotatable bonds is 3. The van der Waals surface area contributed by atoms with E-state index >= 15 is 0 Å². The van der Waals surface area contributed by atoms with Crippen molar-refractivity contribution in [3.63, 3.8) is 0 Å². The van der Waals surface area contributed by atoms with Gasteiger partial charge < -0.3 is 5.32 Å². The Hall–Kier alpha value is -1.60. The van der Waals surface area contributed by atoms with E-state index in [-0.39, 0.29) is 0 Å². The van der Waals surface area contributed by atoms with Gasteiger partial charge in [0.25, 0.3) is 0 Å². The van der Waals surface area contributed by atoms with Crippen molar-refractivity contribution in [1.29, 1.82) is 0 Å². The van der Waals surface area contributed by atoms with Crippen molar-refractivity contribution in [3.05, 3.63) is 77.7 Å². The van der Waals surface area contributed by atoms with Crippen molar-refractivity contribution in [2.45, 2.75) is 25.3 Å². The molecule has 2 aromatic carbocycles. The SMILES string of the molecule is c1ccc([C](c2ccccc2)C2CCCCN2)cc1. The number of hydrogen-bond donors (Lipinski definition) is 1. The molecule has 1 N–H and O–H groups in total. The largest absolute Gasteiger partial charge is 0.313 e.